The first kappa shape index (κ1) is 16.1. The summed E-state index contributed by atoms with van der Waals surface area (Å²) < 4.78 is 6.27. The molecule has 1 aromatic carbocycles. The number of fused-ring (bicyclic) bond motifs is 4. The Kier molecular flexibility index (Phi) is 3.41. The van der Waals surface area contributed by atoms with Crippen LogP contribution in [0, 0.1) is 13.8 Å². The molecule has 3 aromatic heterocycles. The van der Waals surface area contributed by atoms with Crippen LogP contribution in [-0.2, 0) is 0 Å². The van der Waals surface area contributed by atoms with Crippen LogP contribution in [0.5, 0.6) is 0 Å². The number of hydrogen-bond donors (Lipinski definition) is 0. The second-order valence-corrected chi connectivity index (χ2v) is 7.49. The molecule has 0 saturated heterocycles. The molecule has 0 aliphatic carbocycles. The van der Waals surface area contributed by atoms with Crippen molar-refractivity contribution in [2.24, 2.45) is 0 Å². The molecule has 4 heterocycles. The van der Waals surface area contributed by atoms with E-state index < -0.39 is 0 Å². The van der Waals surface area contributed by atoms with Crippen LogP contribution in [0.4, 0.5) is 17.2 Å². The van der Waals surface area contributed by atoms with Crippen molar-refractivity contribution in [1.82, 2.24) is 9.97 Å². The summed E-state index contributed by atoms with van der Waals surface area (Å²) in [6.07, 6.45) is 1.86. The highest BCUT2D eigenvalue weighted by Crippen LogP contribution is 2.45. The fraction of sp³-hybridized carbons (Fsp3) is 0.273. The third kappa shape index (κ3) is 2.31. The molecular formula is C22H22N4O. The molecule has 0 radical (unpaired) electrons. The first-order chi connectivity index (χ1) is 13.0. The van der Waals surface area contributed by atoms with Gasteiger partial charge in [-0.25, -0.2) is 9.97 Å². The molecule has 27 heavy (non-hydrogen) atoms. The van der Waals surface area contributed by atoms with E-state index in [0.29, 0.717) is 11.8 Å². The maximum Gasteiger partial charge on any atom is 0.227 e. The van der Waals surface area contributed by atoms with Gasteiger partial charge in [-0.2, -0.15) is 0 Å². The van der Waals surface area contributed by atoms with Crippen LogP contribution >= 0.6 is 0 Å². The van der Waals surface area contributed by atoms with E-state index in [-0.39, 0.29) is 0 Å². The van der Waals surface area contributed by atoms with Crippen LogP contribution in [0.15, 0.2) is 47.0 Å². The summed E-state index contributed by atoms with van der Waals surface area (Å²) >= 11 is 0. The van der Waals surface area contributed by atoms with Gasteiger partial charge in [0, 0.05) is 28.7 Å². The Labute approximate surface area is 158 Å². The monoisotopic (exact) mass is 358 g/mol. The number of nitrogens with zero attached hydrogens (tertiary/aromatic N) is 4. The lowest BCUT2D eigenvalue weighted by molar-refractivity contribution is 0.649. The molecule has 0 bridgehead atoms. The highest BCUT2D eigenvalue weighted by Gasteiger charge is 2.32. The van der Waals surface area contributed by atoms with Crippen LogP contribution in [0.1, 0.15) is 25.1 Å². The van der Waals surface area contributed by atoms with Crippen molar-refractivity contribution >= 4 is 39.3 Å². The topological polar surface area (TPSA) is 45.4 Å². The van der Waals surface area contributed by atoms with Gasteiger partial charge in [0.1, 0.15) is 0 Å². The van der Waals surface area contributed by atoms with Crippen molar-refractivity contribution in [1.29, 1.82) is 0 Å². The third-order valence-electron chi connectivity index (χ3n) is 5.34. The van der Waals surface area contributed by atoms with Crippen LogP contribution in [0.3, 0.4) is 0 Å². The fourth-order valence-corrected chi connectivity index (χ4v) is 3.97. The van der Waals surface area contributed by atoms with Crippen molar-refractivity contribution < 1.29 is 4.42 Å². The normalized spacial score (nSPS) is 14.0. The standard InChI is InChI=1S/C22H22N4O/c1-13(2)25-12-26(21-18(25)6-5-11-23-21)19-14(3)7-9-16-17-10-8-15(4)24-22(17)27-20(16)19/h5-11,13H,12H2,1-4H3. The number of aromatic nitrogens is 2. The van der Waals surface area contributed by atoms with Crippen molar-refractivity contribution in [3.8, 4) is 0 Å². The number of anilines is 3. The summed E-state index contributed by atoms with van der Waals surface area (Å²) in [6.45, 7) is 9.29. The predicted octanol–water partition coefficient (Wildman–Crippen LogP) is 5.32. The predicted molar refractivity (Wildman–Crippen MR) is 110 cm³/mol. The lowest BCUT2D eigenvalue weighted by Crippen LogP contribution is -2.33. The molecule has 0 spiro atoms. The summed E-state index contributed by atoms with van der Waals surface area (Å²) in [5.41, 5.74) is 5.93. The van der Waals surface area contributed by atoms with Gasteiger partial charge < -0.3 is 14.2 Å². The number of furan rings is 1. The first-order valence-corrected chi connectivity index (χ1v) is 9.33. The second kappa shape index (κ2) is 5.71. The number of pyridine rings is 2. The van der Waals surface area contributed by atoms with Gasteiger partial charge in [0.2, 0.25) is 5.71 Å². The molecule has 0 unspecified atom stereocenters. The zero-order chi connectivity index (χ0) is 18.7. The first-order valence-electron chi connectivity index (χ1n) is 9.33. The number of aryl methyl sites for hydroxylation is 2. The van der Waals surface area contributed by atoms with E-state index in [1.165, 1.54) is 5.56 Å². The molecule has 136 valence electrons. The van der Waals surface area contributed by atoms with Gasteiger partial charge in [-0.3, -0.25) is 0 Å². The second-order valence-electron chi connectivity index (χ2n) is 7.49. The summed E-state index contributed by atoms with van der Waals surface area (Å²) in [6, 6.07) is 12.9. The van der Waals surface area contributed by atoms with Crippen molar-refractivity contribution in [2.45, 2.75) is 33.7 Å². The quantitative estimate of drug-likeness (QED) is 0.485. The van der Waals surface area contributed by atoms with Crippen LogP contribution in [-0.4, -0.2) is 22.7 Å². The minimum atomic E-state index is 0.387. The van der Waals surface area contributed by atoms with Crippen molar-refractivity contribution in [3.63, 3.8) is 0 Å². The summed E-state index contributed by atoms with van der Waals surface area (Å²) in [4.78, 5) is 13.9. The Morgan fingerprint density at radius 2 is 1.85 bits per heavy atom. The van der Waals surface area contributed by atoms with Gasteiger partial charge in [0.15, 0.2) is 11.4 Å². The molecule has 0 amide bonds. The van der Waals surface area contributed by atoms with E-state index in [0.717, 1.165) is 45.9 Å². The largest absolute Gasteiger partial charge is 0.435 e. The maximum atomic E-state index is 6.27. The van der Waals surface area contributed by atoms with Gasteiger partial charge in [0.25, 0.3) is 0 Å². The van der Waals surface area contributed by atoms with Crippen LogP contribution in [0.2, 0.25) is 0 Å². The molecule has 1 aliphatic rings. The van der Waals surface area contributed by atoms with E-state index in [1.807, 2.05) is 25.3 Å². The Hall–Kier alpha value is -3.08. The molecule has 5 nitrogen and oxygen atoms in total. The Morgan fingerprint density at radius 3 is 2.67 bits per heavy atom. The highest BCUT2D eigenvalue weighted by atomic mass is 16.3. The molecule has 0 atom stereocenters. The number of rotatable bonds is 2. The Bertz CT molecular complexity index is 1180. The lowest BCUT2D eigenvalue weighted by atomic mass is 10.1. The highest BCUT2D eigenvalue weighted by molar-refractivity contribution is 6.09. The summed E-state index contributed by atoms with van der Waals surface area (Å²) in [5.74, 6) is 0.978. The fourth-order valence-electron chi connectivity index (χ4n) is 3.97. The van der Waals surface area contributed by atoms with E-state index in [4.69, 9.17) is 9.40 Å². The molecule has 0 saturated carbocycles. The SMILES string of the molecule is Cc1ccc2c(n1)oc1c(N3CN(C(C)C)c4cccnc43)c(C)ccc12. The van der Waals surface area contributed by atoms with E-state index in [9.17, 15) is 0 Å². The van der Waals surface area contributed by atoms with Gasteiger partial charge in [-0.1, -0.05) is 12.1 Å². The zero-order valence-corrected chi connectivity index (χ0v) is 16.0. The lowest BCUT2D eigenvalue weighted by Gasteiger charge is -2.25. The average molecular weight is 358 g/mol. The number of benzene rings is 1. The Morgan fingerprint density at radius 1 is 1.04 bits per heavy atom. The van der Waals surface area contributed by atoms with E-state index >= 15 is 0 Å². The van der Waals surface area contributed by atoms with E-state index in [1.54, 1.807) is 0 Å². The molecule has 0 fully saturated rings. The molecule has 4 aromatic rings. The van der Waals surface area contributed by atoms with Crippen molar-refractivity contribution in [2.75, 3.05) is 16.5 Å². The van der Waals surface area contributed by atoms with Gasteiger partial charge in [-0.15, -0.1) is 0 Å². The average Bonchev–Trinajstić information content (AvgIpc) is 3.20. The smallest absolute Gasteiger partial charge is 0.227 e. The third-order valence-corrected chi connectivity index (χ3v) is 5.34. The summed E-state index contributed by atoms with van der Waals surface area (Å²) in [7, 11) is 0. The molecule has 0 N–H and O–H groups in total. The summed E-state index contributed by atoms with van der Waals surface area (Å²) in [5, 5.41) is 2.15. The molecule has 1 aliphatic heterocycles. The minimum Gasteiger partial charge on any atom is -0.435 e. The molecular weight excluding hydrogens is 336 g/mol. The van der Waals surface area contributed by atoms with Gasteiger partial charge in [-0.05, 0) is 57.5 Å². The maximum absolute atomic E-state index is 6.27. The Balaban J connectivity index is 1.78. The van der Waals surface area contributed by atoms with Gasteiger partial charge >= 0.3 is 0 Å². The minimum absolute atomic E-state index is 0.387. The molecule has 5 rings (SSSR count). The molecule has 5 heteroatoms. The van der Waals surface area contributed by atoms with Crippen molar-refractivity contribution in [3.05, 3.63) is 53.9 Å². The van der Waals surface area contributed by atoms with Gasteiger partial charge in [0.05, 0.1) is 18.0 Å². The zero-order valence-electron chi connectivity index (χ0n) is 16.0. The van der Waals surface area contributed by atoms with E-state index in [2.05, 4.69) is 59.8 Å². The van der Waals surface area contributed by atoms with Crippen LogP contribution < -0.4 is 9.80 Å². The number of hydrogen-bond acceptors (Lipinski definition) is 5. The van der Waals surface area contributed by atoms with Crippen LogP contribution in [0.25, 0.3) is 22.1 Å².